The number of aryl methyl sites for hydroxylation is 1. The number of benzene rings is 1. The van der Waals surface area contributed by atoms with Gasteiger partial charge >= 0.3 is 0 Å². The first-order chi connectivity index (χ1) is 7.79. The Morgan fingerprint density at radius 1 is 1.31 bits per heavy atom. The Balaban J connectivity index is 2.39. The summed E-state index contributed by atoms with van der Waals surface area (Å²) in [7, 11) is 3.61. The summed E-state index contributed by atoms with van der Waals surface area (Å²) in [4.78, 5) is 0. The lowest BCUT2D eigenvalue weighted by Crippen LogP contribution is -2.25. The van der Waals surface area contributed by atoms with E-state index in [-0.39, 0.29) is 6.79 Å². The SMILES string of the molecule is COc1cc2cc[n+](C)cc2c2c1OCO2. The number of hydrogen-bond donors (Lipinski definition) is 0. The van der Waals surface area contributed by atoms with E-state index >= 15 is 0 Å². The lowest BCUT2D eigenvalue weighted by molar-refractivity contribution is -0.670. The molecule has 0 aliphatic carbocycles. The molecule has 4 nitrogen and oxygen atoms in total. The third-order valence-corrected chi connectivity index (χ3v) is 2.72. The van der Waals surface area contributed by atoms with E-state index in [1.807, 2.05) is 36.1 Å². The van der Waals surface area contributed by atoms with Crippen molar-refractivity contribution in [3.8, 4) is 17.2 Å². The van der Waals surface area contributed by atoms with Crippen molar-refractivity contribution in [1.29, 1.82) is 0 Å². The first-order valence-electron chi connectivity index (χ1n) is 5.05. The van der Waals surface area contributed by atoms with Gasteiger partial charge in [-0.05, 0) is 6.07 Å². The molecule has 0 spiro atoms. The summed E-state index contributed by atoms with van der Waals surface area (Å²) in [6, 6.07) is 3.99. The van der Waals surface area contributed by atoms with Gasteiger partial charge in [0.2, 0.25) is 12.5 Å². The van der Waals surface area contributed by atoms with Gasteiger partial charge in [0.15, 0.2) is 23.9 Å². The molecule has 1 aliphatic heterocycles. The largest absolute Gasteiger partial charge is 0.493 e. The van der Waals surface area contributed by atoms with Crippen LogP contribution >= 0.6 is 0 Å². The molecule has 2 aromatic rings. The van der Waals surface area contributed by atoms with E-state index in [9.17, 15) is 0 Å². The highest BCUT2D eigenvalue weighted by molar-refractivity contribution is 5.92. The molecular weight excluding hydrogens is 206 g/mol. The Morgan fingerprint density at radius 2 is 2.12 bits per heavy atom. The zero-order valence-corrected chi connectivity index (χ0v) is 9.19. The maximum atomic E-state index is 5.49. The highest BCUT2D eigenvalue weighted by Gasteiger charge is 2.23. The van der Waals surface area contributed by atoms with Gasteiger partial charge < -0.3 is 14.2 Å². The topological polar surface area (TPSA) is 31.6 Å². The highest BCUT2D eigenvalue weighted by Crippen LogP contribution is 2.45. The van der Waals surface area contributed by atoms with Gasteiger partial charge in [0.25, 0.3) is 0 Å². The summed E-state index contributed by atoms with van der Waals surface area (Å²) >= 11 is 0. The fourth-order valence-corrected chi connectivity index (χ4v) is 1.94. The molecule has 2 heterocycles. The predicted molar refractivity (Wildman–Crippen MR) is 57.8 cm³/mol. The van der Waals surface area contributed by atoms with Crippen LogP contribution in [0.5, 0.6) is 17.2 Å². The number of fused-ring (bicyclic) bond motifs is 3. The van der Waals surface area contributed by atoms with Crippen LogP contribution in [0.25, 0.3) is 10.8 Å². The van der Waals surface area contributed by atoms with Crippen LogP contribution in [0.15, 0.2) is 24.5 Å². The fourth-order valence-electron chi connectivity index (χ4n) is 1.94. The van der Waals surface area contributed by atoms with Crippen LogP contribution < -0.4 is 18.8 Å². The number of nitrogens with zero attached hydrogens (tertiary/aromatic N) is 1. The summed E-state index contributed by atoms with van der Waals surface area (Å²) in [6.07, 6.45) is 4.01. The van der Waals surface area contributed by atoms with Gasteiger partial charge in [-0.25, -0.2) is 4.57 Å². The molecule has 0 saturated heterocycles. The molecule has 0 unspecified atom stereocenters. The van der Waals surface area contributed by atoms with E-state index in [4.69, 9.17) is 14.2 Å². The number of pyridine rings is 1. The van der Waals surface area contributed by atoms with E-state index in [0.29, 0.717) is 11.5 Å². The molecule has 82 valence electrons. The molecule has 0 bridgehead atoms. The van der Waals surface area contributed by atoms with E-state index in [0.717, 1.165) is 16.5 Å². The molecular formula is C12H12NO3+. The predicted octanol–water partition coefficient (Wildman–Crippen LogP) is 1.40. The van der Waals surface area contributed by atoms with Gasteiger partial charge in [0.05, 0.1) is 12.5 Å². The zero-order valence-electron chi connectivity index (χ0n) is 9.19. The first kappa shape index (κ1) is 9.27. The summed E-state index contributed by atoms with van der Waals surface area (Å²) < 4.78 is 18.2. The van der Waals surface area contributed by atoms with Gasteiger partial charge in [-0.2, -0.15) is 0 Å². The van der Waals surface area contributed by atoms with Crippen LogP contribution in [-0.4, -0.2) is 13.9 Å². The molecule has 0 fully saturated rings. The maximum absolute atomic E-state index is 5.49. The summed E-state index contributed by atoms with van der Waals surface area (Å²) in [5.41, 5.74) is 0. The number of ether oxygens (including phenoxy) is 3. The molecule has 1 aromatic heterocycles. The Kier molecular flexibility index (Phi) is 1.89. The average Bonchev–Trinajstić information content (AvgIpc) is 2.77. The third kappa shape index (κ3) is 1.19. The fraction of sp³-hybridized carbons (Fsp3) is 0.250. The number of rotatable bonds is 1. The first-order valence-corrected chi connectivity index (χ1v) is 5.05. The molecule has 1 aromatic carbocycles. The van der Waals surface area contributed by atoms with E-state index in [1.165, 1.54) is 0 Å². The van der Waals surface area contributed by atoms with Gasteiger partial charge in [0.1, 0.15) is 7.05 Å². The van der Waals surface area contributed by atoms with Crippen LogP contribution in [0, 0.1) is 0 Å². The third-order valence-electron chi connectivity index (χ3n) is 2.72. The second kappa shape index (κ2) is 3.27. The van der Waals surface area contributed by atoms with E-state index < -0.39 is 0 Å². The molecule has 16 heavy (non-hydrogen) atoms. The molecule has 3 rings (SSSR count). The van der Waals surface area contributed by atoms with Crippen molar-refractivity contribution >= 4 is 10.8 Å². The van der Waals surface area contributed by atoms with Gasteiger partial charge in [-0.15, -0.1) is 0 Å². The Morgan fingerprint density at radius 3 is 2.94 bits per heavy atom. The number of aromatic nitrogens is 1. The quantitative estimate of drug-likeness (QED) is 0.678. The zero-order chi connectivity index (χ0) is 11.1. The summed E-state index contributed by atoms with van der Waals surface area (Å²) in [5.74, 6) is 2.18. The van der Waals surface area contributed by atoms with Crippen molar-refractivity contribution in [3.05, 3.63) is 24.5 Å². The Hall–Kier alpha value is -1.97. The van der Waals surface area contributed by atoms with Gasteiger partial charge in [-0.1, -0.05) is 0 Å². The Labute approximate surface area is 93.0 Å². The molecule has 0 amide bonds. The number of hydrogen-bond acceptors (Lipinski definition) is 3. The molecule has 1 aliphatic rings. The van der Waals surface area contributed by atoms with Crippen LogP contribution in [-0.2, 0) is 7.05 Å². The summed E-state index contributed by atoms with van der Waals surface area (Å²) in [5, 5.41) is 2.12. The highest BCUT2D eigenvalue weighted by atomic mass is 16.7. The van der Waals surface area contributed by atoms with Gasteiger partial charge in [0, 0.05) is 11.5 Å². The van der Waals surface area contributed by atoms with Crippen LogP contribution in [0.4, 0.5) is 0 Å². The normalized spacial score (nSPS) is 13.1. The molecule has 0 saturated carbocycles. The minimum atomic E-state index is 0.253. The van der Waals surface area contributed by atoms with Crippen LogP contribution in [0.1, 0.15) is 0 Å². The Bertz CT molecular complexity index is 566. The van der Waals surface area contributed by atoms with E-state index in [1.54, 1.807) is 7.11 Å². The van der Waals surface area contributed by atoms with Crippen molar-refractivity contribution in [1.82, 2.24) is 0 Å². The smallest absolute Gasteiger partial charge is 0.231 e. The second-order valence-corrected chi connectivity index (χ2v) is 3.76. The van der Waals surface area contributed by atoms with Crippen molar-refractivity contribution in [2.24, 2.45) is 7.05 Å². The molecule has 0 radical (unpaired) electrons. The van der Waals surface area contributed by atoms with Crippen molar-refractivity contribution in [2.75, 3.05) is 13.9 Å². The monoisotopic (exact) mass is 218 g/mol. The minimum Gasteiger partial charge on any atom is -0.493 e. The average molecular weight is 218 g/mol. The molecule has 0 N–H and O–H groups in total. The van der Waals surface area contributed by atoms with Crippen molar-refractivity contribution in [2.45, 2.75) is 0 Å². The van der Waals surface area contributed by atoms with Crippen LogP contribution in [0.2, 0.25) is 0 Å². The maximum Gasteiger partial charge on any atom is 0.231 e. The van der Waals surface area contributed by atoms with E-state index in [2.05, 4.69) is 0 Å². The van der Waals surface area contributed by atoms with Crippen molar-refractivity contribution in [3.63, 3.8) is 0 Å². The lowest BCUT2D eigenvalue weighted by Gasteiger charge is -2.06. The molecule has 4 heteroatoms. The molecule has 0 atom stereocenters. The van der Waals surface area contributed by atoms with Gasteiger partial charge in [-0.3, -0.25) is 0 Å². The second-order valence-electron chi connectivity index (χ2n) is 3.76. The minimum absolute atomic E-state index is 0.253. The number of methoxy groups -OCH3 is 1. The lowest BCUT2D eigenvalue weighted by atomic mass is 10.1. The van der Waals surface area contributed by atoms with Crippen LogP contribution in [0.3, 0.4) is 0 Å². The standard InChI is InChI=1S/C12H12NO3/c1-13-4-3-8-5-10(14-2)12-11(9(8)6-13)15-7-16-12/h3-6H,7H2,1-2H3/q+1. The van der Waals surface area contributed by atoms with Crippen molar-refractivity contribution < 1.29 is 18.8 Å². The summed E-state index contributed by atoms with van der Waals surface area (Å²) in [6.45, 7) is 0.253.